The van der Waals surface area contributed by atoms with E-state index >= 15 is 0 Å². The first-order valence-electron chi connectivity index (χ1n) is 9.73. The van der Waals surface area contributed by atoms with Crippen molar-refractivity contribution in [3.63, 3.8) is 0 Å². The molecule has 0 spiro atoms. The highest BCUT2D eigenvalue weighted by Gasteiger charge is 2.48. The van der Waals surface area contributed by atoms with Crippen molar-refractivity contribution in [2.75, 3.05) is 6.61 Å². The topological polar surface area (TPSA) is 183 Å². The molecule has 0 aliphatic carbocycles. The summed E-state index contributed by atoms with van der Waals surface area (Å²) in [5.41, 5.74) is 0.326. The Kier molecular flexibility index (Phi) is 7.51. The fraction of sp³-hybridized carbons (Fsp3) is 0.273. The Hall–Kier alpha value is -3.64. The molecule has 0 saturated carbocycles. The van der Waals surface area contributed by atoms with Gasteiger partial charge in [0.05, 0.1) is 12.2 Å². The number of phenols is 3. The molecule has 1 fully saturated rings. The van der Waals surface area contributed by atoms with Crippen LogP contribution >= 0.6 is 0 Å². The van der Waals surface area contributed by atoms with Crippen molar-refractivity contribution in [3.8, 4) is 17.2 Å². The van der Waals surface area contributed by atoms with E-state index in [1.54, 1.807) is 30.3 Å². The lowest BCUT2D eigenvalue weighted by molar-refractivity contribution is -0.290. The molecule has 0 bridgehead atoms. The van der Waals surface area contributed by atoms with Gasteiger partial charge < -0.3 is 44.8 Å². The number of hydrogen-bond acceptors (Lipinski definition) is 11. The van der Waals surface area contributed by atoms with Gasteiger partial charge in [0.25, 0.3) is 0 Å². The van der Waals surface area contributed by atoms with E-state index in [0.29, 0.717) is 5.56 Å². The number of aromatic hydroxyl groups is 3. The van der Waals surface area contributed by atoms with Gasteiger partial charge in [-0.25, -0.2) is 9.59 Å². The third kappa shape index (κ3) is 5.59. The minimum atomic E-state index is -1.83. The maximum atomic E-state index is 12.4. The predicted octanol–water partition coefficient (Wildman–Crippen LogP) is 0.0244. The number of rotatable bonds is 6. The molecule has 6 N–H and O–H groups in total. The lowest BCUT2D eigenvalue weighted by atomic mass is 9.99. The Bertz CT molecular complexity index is 995. The monoisotopic (exact) mass is 462 g/mol. The molecule has 11 heteroatoms. The summed E-state index contributed by atoms with van der Waals surface area (Å²) >= 11 is 0. The van der Waals surface area contributed by atoms with E-state index in [0.717, 1.165) is 18.2 Å². The SMILES string of the molecule is O=C(C=Cc1ccccc1)OC1OC(CO)C(OC(=O)c2cc(O)c(O)c(O)c2)C(O)C1O. The molecule has 1 saturated heterocycles. The van der Waals surface area contributed by atoms with Crippen LogP contribution in [0, 0.1) is 0 Å². The molecule has 5 atom stereocenters. The van der Waals surface area contributed by atoms with Crippen LogP contribution in [-0.2, 0) is 19.0 Å². The molecule has 5 unspecified atom stereocenters. The van der Waals surface area contributed by atoms with Crippen molar-refractivity contribution in [2.24, 2.45) is 0 Å². The predicted molar refractivity (Wildman–Crippen MR) is 110 cm³/mol. The molecule has 0 radical (unpaired) electrons. The summed E-state index contributed by atoms with van der Waals surface area (Å²) in [4.78, 5) is 24.4. The maximum Gasteiger partial charge on any atom is 0.338 e. The van der Waals surface area contributed by atoms with Crippen LogP contribution in [0.1, 0.15) is 15.9 Å². The average Bonchev–Trinajstić information content (AvgIpc) is 2.81. The van der Waals surface area contributed by atoms with Crippen LogP contribution in [0.4, 0.5) is 0 Å². The number of ether oxygens (including phenoxy) is 3. The summed E-state index contributed by atoms with van der Waals surface area (Å²) in [5.74, 6) is -4.49. The minimum absolute atomic E-state index is 0.388. The Morgan fingerprint density at radius 3 is 2.21 bits per heavy atom. The standard InChI is InChI=1S/C22H22O11/c23-10-15-20(33-21(30)12-8-13(24)17(27)14(25)9-12)18(28)19(29)22(31-15)32-16(26)7-6-11-4-2-1-3-5-11/h1-9,15,18-20,22-25,27-29H,10H2. The number of esters is 2. The van der Waals surface area contributed by atoms with Crippen LogP contribution in [0.15, 0.2) is 48.5 Å². The fourth-order valence-electron chi connectivity index (χ4n) is 3.09. The van der Waals surface area contributed by atoms with Crippen molar-refractivity contribution in [3.05, 3.63) is 59.7 Å². The zero-order chi connectivity index (χ0) is 24.1. The van der Waals surface area contributed by atoms with Gasteiger partial charge in [-0.05, 0) is 23.8 Å². The van der Waals surface area contributed by atoms with Crippen LogP contribution < -0.4 is 0 Å². The summed E-state index contributed by atoms with van der Waals surface area (Å²) in [6.45, 7) is -0.776. The number of aliphatic hydroxyl groups is 3. The summed E-state index contributed by atoms with van der Waals surface area (Å²) in [7, 11) is 0. The van der Waals surface area contributed by atoms with Crippen molar-refractivity contribution in [1.82, 2.24) is 0 Å². The van der Waals surface area contributed by atoms with Crippen LogP contribution in [0.25, 0.3) is 6.08 Å². The molecule has 1 aliphatic heterocycles. The average molecular weight is 462 g/mol. The Labute approximate surface area is 187 Å². The van der Waals surface area contributed by atoms with Gasteiger partial charge in [0, 0.05) is 6.08 Å². The largest absolute Gasteiger partial charge is 0.504 e. The van der Waals surface area contributed by atoms with Gasteiger partial charge in [0.1, 0.15) is 18.3 Å². The third-order valence-electron chi connectivity index (χ3n) is 4.81. The van der Waals surface area contributed by atoms with Crippen molar-refractivity contribution in [1.29, 1.82) is 0 Å². The van der Waals surface area contributed by atoms with Crippen molar-refractivity contribution < 1.29 is 54.4 Å². The highest BCUT2D eigenvalue weighted by molar-refractivity contribution is 5.91. The highest BCUT2D eigenvalue weighted by Crippen LogP contribution is 2.36. The van der Waals surface area contributed by atoms with E-state index in [-0.39, 0.29) is 5.56 Å². The second-order valence-corrected chi connectivity index (χ2v) is 7.12. The van der Waals surface area contributed by atoms with Gasteiger partial charge >= 0.3 is 11.9 Å². The number of hydrogen-bond donors (Lipinski definition) is 6. The van der Waals surface area contributed by atoms with Crippen LogP contribution in [0.5, 0.6) is 17.2 Å². The van der Waals surface area contributed by atoms with Gasteiger partial charge in [0.2, 0.25) is 6.29 Å². The Balaban J connectivity index is 1.68. The van der Waals surface area contributed by atoms with Crippen molar-refractivity contribution in [2.45, 2.75) is 30.7 Å². The third-order valence-corrected chi connectivity index (χ3v) is 4.81. The molecule has 33 heavy (non-hydrogen) atoms. The van der Waals surface area contributed by atoms with E-state index in [1.807, 2.05) is 0 Å². The second-order valence-electron chi connectivity index (χ2n) is 7.12. The Morgan fingerprint density at radius 1 is 0.970 bits per heavy atom. The van der Waals surface area contributed by atoms with Crippen molar-refractivity contribution >= 4 is 18.0 Å². The first-order chi connectivity index (χ1) is 15.7. The molecule has 0 amide bonds. The first kappa shape index (κ1) is 24.0. The van der Waals surface area contributed by atoms with E-state index in [9.17, 15) is 40.2 Å². The summed E-state index contributed by atoms with van der Waals surface area (Å²) in [6, 6.07) is 10.4. The summed E-state index contributed by atoms with van der Waals surface area (Å²) in [5, 5.41) is 58.8. The number of aliphatic hydroxyl groups excluding tert-OH is 3. The second kappa shape index (κ2) is 10.3. The van der Waals surface area contributed by atoms with Gasteiger partial charge in [-0.1, -0.05) is 30.3 Å². The molecule has 3 rings (SSSR count). The van der Waals surface area contributed by atoms with Crippen LogP contribution in [-0.4, -0.2) is 79.9 Å². The molecular weight excluding hydrogens is 440 g/mol. The van der Waals surface area contributed by atoms with E-state index in [2.05, 4.69) is 0 Å². The first-order valence-corrected chi connectivity index (χ1v) is 9.73. The zero-order valence-electron chi connectivity index (χ0n) is 17.0. The highest BCUT2D eigenvalue weighted by atomic mass is 16.7. The molecule has 0 aromatic heterocycles. The van der Waals surface area contributed by atoms with Gasteiger partial charge in [-0.15, -0.1) is 0 Å². The zero-order valence-corrected chi connectivity index (χ0v) is 17.0. The lowest BCUT2D eigenvalue weighted by Gasteiger charge is -2.40. The summed E-state index contributed by atoms with van der Waals surface area (Å²) in [6.07, 6.45) is -5.75. The quantitative estimate of drug-likeness (QED) is 0.193. The normalized spacial score (nSPS) is 25.0. The smallest absolute Gasteiger partial charge is 0.338 e. The van der Waals surface area contributed by atoms with E-state index in [1.165, 1.54) is 6.08 Å². The lowest BCUT2D eigenvalue weighted by Crippen LogP contribution is -2.60. The summed E-state index contributed by atoms with van der Waals surface area (Å²) < 4.78 is 15.4. The van der Waals surface area contributed by atoms with Gasteiger partial charge in [-0.2, -0.15) is 0 Å². The molecular formula is C22H22O11. The number of carbonyl (C=O) groups excluding carboxylic acids is 2. The molecule has 176 valence electrons. The molecule has 2 aromatic rings. The van der Waals surface area contributed by atoms with Gasteiger partial charge in [0.15, 0.2) is 23.4 Å². The van der Waals surface area contributed by atoms with E-state index in [4.69, 9.17) is 14.2 Å². The minimum Gasteiger partial charge on any atom is -0.504 e. The number of benzene rings is 2. The van der Waals surface area contributed by atoms with Crippen LogP contribution in [0.3, 0.4) is 0 Å². The molecule has 1 heterocycles. The molecule has 2 aromatic carbocycles. The van der Waals surface area contributed by atoms with Gasteiger partial charge in [-0.3, -0.25) is 0 Å². The molecule has 1 aliphatic rings. The molecule has 11 nitrogen and oxygen atoms in total. The number of carbonyl (C=O) groups is 2. The van der Waals surface area contributed by atoms with E-state index < -0.39 is 66.5 Å². The number of phenolic OH excluding ortho intramolecular Hbond substituents is 3. The van der Waals surface area contributed by atoms with Crippen LogP contribution in [0.2, 0.25) is 0 Å². The maximum absolute atomic E-state index is 12.4. The Morgan fingerprint density at radius 2 is 1.61 bits per heavy atom. The fourth-order valence-corrected chi connectivity index (χ4v) is 3.09.